The number of nitrogens with one attached hydrogen (secondary N) is 2. The van der Waals surface area contributed by atoms with E-state index in [1.165, 1.54) is 6.92 Å². The minimum absolute atomic E-state index is 0. The summed E-state index contributed by atoms with van der Waals surface area (Å²) in [5, 5.41) is 18.1. The van der Waals surface area contributed by atoms with E-state index in [0.717, 1.165) is 6.42 Å². The van der Waals surface area contributed by atoms with E-state index in [-0.39, 0.29) is 373 Å². The maximum absolute atomic E-state index is 10.9. The maximum atomic E-state index is 10.9. The molecule has 47 heavy (non-hydrogen) atoms. The Kier molecular flexibility index (Phi) is 121. The Labute approximate surface area is 545 Å². The number of rotatable bonds is 5. The third-order valence-electron chi connectivity index (χ3n) is 5.10. The summed E-state index contributed by atoms with van der Waals surface area (Å²) >= 11 is 0. The predicted octanol–water partition coefficient (Wildman–Crippen LogP) is 5.19. The van der Waals surface area contributed by atoms with E-state index in [1.54, 1.807) is 14.0 Å². The van der Waals surface area contributed by atoms with Gasteiger partial charge in [0.25, 0.3) is 0 Å². The number of halogens is 1. The van der Waals surface area contributed by atoms with Crippen molar-refractivity contribution in [1.29, 1.82) is 0 Å². The number of hydrogen-bond donors (Lipinski definition) is 2. The van der Waals surface area contributed by atoms with Crippen LogP contribution in [0.3, 0.4) is 0 Å². The molecule has 0 aliphatic carbocycles. The van der Waals surface area contributed by atoms with E-state index in [9.17, 15) is 9.50 Å². The molecule has 0 aromatic rings. The molecule has 0 saturated carbocycles. The summed E-state index contributed by atoms with van der Waals surface area (Å²) in [4.78, 5) is 0. The molecule has 8 nitrogen and oxygen atoms in total. The molecule has 2 aliphatic heterocycles. The molecular formula is C27H56BFN2O6Y10-6. The Morgan fingerprint density at radius 3 is 1.57 bits per heavy atom. The van der Waals surface area contributed by atoms with Crippen LogP contribution >= 0.6 is 0 Å². The van der Waals surface area contributed by atoms with Gasteiger partial charge in [-0.1, -0.05) is 73.1 Å². The van der Waals surface area contributed by atoms with Crippen molar-refractivity contribution in [3.63, 3.8) is 0 Å². The minimum Gasteiger partial charge on any atom is -0.673 e. The van der Waals surface area contributed by atoms with Crippen molar-refractivity contribution in [2.45, 2.75) is 123 Å². The number of aliphatic hydroxyl groups is 2. The van der Waals surface area contributed by atoms with Gasteiger partial charge in [-0.25, -0.2) is 0 Å². The Morgan fingerprint density at radius 2 is 1.28 bits per heavy atom. The minimum atomic E-state index is -0.917. The average Bonchev–Trinajstić information content (AvgIpc) is 2.78. The van der Waals surface area contributed by atoms with E-state index in [2.05, 4.69) is 25.5 Å². The molecule has 2 aliphatic rings. The van der Waals surface area contributed by atoms with Gasteiger partial charge in [0.2, 0.25) is 0 Å². The summed E-state index contributed by atoms with van der Waals surface area (Å²) in [5.41, 5.74) is 15.9. The van der Waals surface area contributed by atoms with Crippen LogP contribution in [0.15, 0.2) is 0 Å². The van der Waals surface area contributed by atoms with Gasteiger partial charge in [0.1, 0.15) is 14.1 Å². The van der Waals surface area contributed by atoms with Crippen molar-refractivity contribution < 1.29 is 362 Å². The Balaban J connectivity index is -0.0000000337. The van der Waals surface area contributed by atoms with Gasteiger partial charge >= 0.3 is 0 Å². The first-order valence-electron chi connectivity index (χ1n) is 12.6. The summed E-state index contributed by atoms with van der Waals surface area (Å²) in [6, 6.07) is -2.26. The molecule has 2 heterocycles. The summed E-state index contributed by atoms with van der Waals surface area (Å²) in [5.74, 6) is -0.338. The first kappa shape index (κ1) is 92.8. The van der Waals surface area contributed by atoms with Crippen molar-refractivity contribution in [2.75, 3.05) is 13.7 Å². The fourth-order valence-electron chi connectivity index (χ4n) is 3.07. The Bertz CT molecular complexity index is 564. The van der Waals surface area contributed by atoms with Crippen molar-refractivity contribution in [1.82, 2.24) is 0 Å². The van der Waals surface area contributed by atoms with E-state index in [0.29, 0.717) is 0 Å². The number of alkyl halides is 1. The molecule has 256 valence electrons. The standard InChI is InChI=1S/C15H27BN2O4.C4H9O.C3H6F.C3H7O.CH4.CH3.10Y/c1-4-10-8(3)13(19)12(18)15(22-10)20-6-9-5-7(2)11(17)14(16)21-9;1-4(2)5-3;2*1-3(2)4;;;;;;;;;;;;/h7-15,17-19H,4-6H2,1-3H3;4H,1H2,2-3H3;3H,1H2,2H3;3-4H,1H2,2H3;1H4;1H3;;;;;;;;;;/q-2;3*-1;;-1;;;;;;;;;;/t7-,8+,9?,10?,11?,12?,13-,14-,15+;4-;2*3-;;;;;;;;;;;;/m0000............/s1/i5D;;;;;;;;;;;;;;;/t5-,7-,8+,9?,10?,11?,12?,13-,14-,15+;;;;;;;;;;;;;;;. The van der Waals surface area contributed by atoms with Gasteiger partial charge in [-0.2, -0.15) is 0 Å². The molecule has 0 aromatic heterocycles. The number of aliphatic hydroxyl groups excluding tert-OH is 2. The molecule has 2 rings (SSSR count). The molecule has 0 spiro atoms. The average molecular weight is 1420 g/mol. The first-order chi connectivity index (χ1) is 16.5. The summed E-state index contributed by atoms with van der Waals surface area (Å²) < 4.78 is 40.6. The zero-order valence-corrected chi connectivity index (χ0v) is 57.7. The fraction of sp³-hybridized carbons (Fsp3) is 0.852. The van der Waals surface area contributed by atoms with E-state index in [1.807, 2.05) is 27.7 Å². The van der Waals surface area contributed by atoms with Crippen LogP contribution in [0.25, 0.3) is 11.5 Å². The van der Waals surface area contributed by atoms with Crippen molar-refractivity contribution in [3.05, 3.63) is 39.7 Å². The molecular weight excluding hydrogens is 1370 g/mol. The van der Waals surface area contributed by atoms with Gasteiger partial charge in [0, 0.05) is 354 Å². The Hall–Kier alpha value is 10.7. The van der Waals surface area contributed by atoms with Gasteiger partial charge in [-0.3, -0.25) is 4.39 Å². The molecule has 0 bridgehead atoms. The summed E-state index contributed by atoms with van der Waals surface area (Å²) in [6.07, 6.45) is -3.46. The normalized spacial score (nSPS) is 29.6. The third-order valence-corrected chi connectivity index (χ3v) is 5.10. The van der Waals surface area contributed by atoms with Gasteiger partial charge in [0.15, 0.2) is 0 Å². The van der Waals surface area contributed by atoms with Crippen LogP contribution in [-0.2, 0) is 346 Å². The molecule has 0 aromatic carbocycles. The van der Waals surface area contributed by atoms with Crippen LogP contribution in [0, 0.1) is 40.0 Å². The van der Waals surface area contributed by atoms with Crippen LogP contribution < -0.4 is 0 Å². The largest absolute Gasteiger partial charge is 0.673 e. The molecule has 12 radical (unpaired) electrons. The van der Waals surface area contributed by atoms with Crippen molar-refractivity contribution >= 4 is 7.85 Å². The van der Waals surface area contributed by atoms with Crippen LogP contribution in [0.5, 0.6) is 0 Å². The van der Waals surface area contributed by atoms with Gasteiger partial charge in [-0.15, -0.1) is 6.04 Å². The van der Waals surface area contributed by atoms with Gasteiger partial charge < -0.3 is 68.8 Å². The van der Waals surface area contributed by atoms with Gasteiger partial charge in [0.05, 0.1) is 18.8 Å². The van der Waals surface area contributed by atoms with Crippen LogP contribution in [-0.4, -0.2) is 92.8 Å². The van der Waals surface area contributed by atoms with E-state index >= 15 is 0 Å². The van der Waals surface area contributed by atoms with E-state index < -0.39 is 55.3 Å². The monoisotopic (exact) mass is 1420 g/mol. The maximum Gasteiger partial charge on any atom is 0.144 e. The molecule has 13 atom stereocenters. The summed E-state index contributed by atoms with van der Waals surface area (Å²) in [7, 11) is 7.42. The second-order valence-corrected chi connectivity index (χ2v) is 9.05. The number of hydrogen-bond acceptors (Lipinski definition) is 6. The van der Waals surface area contributed by atoms with Gasteiger partial charge in [-0.05, 0) is 19.0 Å². The zero-order chi connectivity index (χ0) is 28.7. The smallest absolute Gasteiger partial charge is 0.144 e. The molecule has 2 fully saturated rings. The number of methoxy groups -OCH3 is 1. The second-order valence-electron chi connectivity index (χ2n) is 9.05. The quantitative estimate of drug-likeness (QED) is 0.289. The molecule has 20 heteroatoms. The van der Waals surface area contributed by atoms with Crippen molar-refractivity contribution in [3.8, 4) is 0 Å². The Morgan fingerprint density at radius 1 is 0.936 bits per heavy atom. The van der Waals surface area contributed by atoms with Crippen molar-refractivity contribution in [2.24, 2.45) is 11.8 Å². The zero-order valence-electron chi connectivity index (χ0n) is 30.3. The SMILES string of the molecule is C.[2H][C@@H]1C(CO[C@@H]2OC(CC)[C@@H](C)[C@H](O)C2[NH-])O[C@H]([B])C([NH-])[C@H]1C.[CH2-][C@@H](C)F.[CH2-][C@@H](C)O.[CH2-][C@@H](C)OC.[CH3-].[Y].[Y].[Y].[Y].[Y].[Y].[Y].[Y].[Y].[Y]. The fourth-order valence-corrected chi connectivity index (χ4v) is 3.07. The van der Waals surface area contributed by atoms with E-state index in [4.69, 9.17) is 40.0 Å². The second kappa shape index (κ2) is 61.0. The van der Waals surface area contributed by atoms with Crippen LogP contribution in [0.1, 0.15) is 63.2 Å². The third kappa shape index (κ3) is 54.7. The first-order valence-corrected chi connectivity index (χ1v) is 12.1. The van der Waals surface area contributed by atoms with Crippen LogP contribution in [0.2, 0.25) is 0 Å². The summed E-state index contributed by atoms with van der Waals surface area (Å²) in [6.45, 7) is 20.3. The van der Waals surface area contributed by atoms with Crippen LogP contribution in [0.4, 0.5) is 4.39 Å². The molecule has 4 unspecified atom stereocenters. The molecule has 0 amide bonds. The predicted molar refractivity (Wildman–Crippen MR) is 152 cm³/mol. The molecule has 2 saturated heterocycles. The molecule has 4 N–H and O–H groups in total. The topological polar surface area (TPSA) is 125 Å². The number of ether oxygens (including phenoxy) is 4.